The minimum Gasteiger partial charge on any atom is -0.497 e. The van der Waals surface area contributed by atoms with Crippen LogP contribution in [-0.2, 0) is 22.6 Å². The Balaban J connectivity index is 2.18. The van der Waals surface area contributed by atoms with E-state index in [1.54, 1.807) is 18.9 Å². The number of hydrogen-bond donors (Lipinski definition) is 1. The molecule has 2 aromatic rings. The van der Waals surface area contributed by atoms with Gasteiger partial charge in [0.2, 0.25) is 11.8 Å². The van der Waals surface area contributed by atoms with Crippen molar-refractivity contribution in [2.24, 2.45) is 0 Å². The van der Waals surface area contributed by atoms with Crippen LogP contribution in [0.1, 0.15) is 31.4 Å². The Morgan fingerprint density at radius 3 is 2.25 bits per heavy atom. The van der Waals surface area contributed by atoms with Crippen LogP contribution in [0.4, 0.5) is 0 Å². The van der Waals surface area contributed by atoms with Crippen molar-refractivity contribution in [2.45, 2.75) is 39.3 Å². The molecule has 2 amide bonds. The van der Waals surface area contributed by atoms with E-state index in [2.05, 4.69) is 21.2 Å². The predicted octanol–water partition coefficient (Wildman–Crippen LogP) is 3.94. The number of nitrogens with zero attached hydrogens (tertiary/aromatic N) is 1. The highest BCUT2D eigenvalue weighted by atomic mass is 79.9. The maximum Gasteiger partial charge on any atom is 0.242 e. The lowest BCUT2D eigenvalue weighted by Crippen LogP contribution is -2.48. The summed E-state index contributed by atoms with van der Waals surface area (Å²) in [4.78, 5) is 27.2. The number of nitrogens with one attached hydrogen (secondary N) is 1. The van der Waals surface area contributed by atoms with Crippen molar-refractivity contribution in [3.8, 4) is 5.75 Å². The summed E-state index contributed by atoms with van der Waals surface area (Å²) in [6, 6.07) is 14.6. The molecule has 0 radical (unpaired) electrons. The zero-order valence-corrected chi connectivity index (χ0v) is 18.2. The first-order chi connectivity index (χ1) is 13.4. The number of amides is 2. The second kappa shape index (κ2) is 10.9. The van der Waals surface area contributed by atoms with Crippen LogP contribution in [0, 0.1) is 0 Å². The Bertz CT molecular complexity index is 775. The normalized spacial score (nSPS) is 11.6. The molecule has 0 aromatic heterocycles. The first-order valence-corrected chi connectivity index (χ1v) is 10.2. The maximum absolute atomic E-state index is 13.1. The van der Waals surface area contributed by atoms with E-state index < -0.39 is 6.04 Å². The van der Waals surface area contributed by atoms with Gasteiger partial charge in [-0.25, -0.2) is 0 Å². The fourth-order valence-corrected chi connectivity index (χ4v) is 3.05. The third-order valence-corrected chi connectivity index (χ3v) is 5.03. The SMILES string of the molecule is CCCNC(=O)C(C)N(Cc1ccc(Br)cc1)C(=O)Cc1ccc(OC)cc1. The van der Waals surface area contributed by atoms with E-state index in [1.807, 2.05) is 55.5 Å². The summed E-state index contributed by atoms with van der Waals surface area (Å²) in [5, 5.41) is 2.88. The monoisotopic (exact) mass is 446 g/mol. The van der Waals surface area contributed by atoms with Gasteiger partial charge in [0, 0.05) is 17.6 Å². The third kappa shape index (κ3) is 6.37. The lowest BCUT2D eigenvalue weighted by molar-refractivity contribution is -0.140. The van der Waals surface area contributed by atoms with Crippen LogP contribution in [0.15, 0.2) is 53.0 Å². The van der Waals surface area contributed by atoms with E-state index in [-0.39, 0.29) is 18.2 Å². The van der Waals surface area contributed by atoms with Crippen molar-refractivity contribution >= 4 is 27.7 Å². The Kier molecular flexibility index (Phi) is 8.51. The van der Waals surface area contributed by atoms with E-state index in [1.165, 1.54) is 0 Å². The molecule has 0 saturated heterocycles. The molecule has 0 aliphatic rings. The van der Waals surface area contributed by atoms with E-state index >= 15 is 0 Å². The van der Waals surface area contributed by atoms with Gasteiger partial charge in [0.05, 0.1) is 13.5 Å². The zero-order chi connectivity index (χ0) is 20.5. The number of benzene rings is 2. The minimum atomic E-state index is -0.555. The van der Waals surface area contributed by atoms with Gasteiger partial charge in [0.15, 0.2) is 0 Å². The van der Waals surface area contributed by atoms with Gasteiger partial charge in [-0.15, -0.1) is 0 Å². The zero-order valence-electron chi connectivity index (χ0n) is 16.6. The number of carbonyl (C=O) groups is 2. The van der Waals surface area contributed by atoms with E-state index in [0.29, 0.717) is 13.1 Å². The summed E-state index contributed by atoms with van der Waals surface area (Å²) < 4.78 is 6.14. The maximum atomic E-state index is 13.1. The summed E-state index contributed by atoms with van der Waals surface area (Å²) in [6.07, 6.45) is 1.08. The van der Waals surface area contributed by atoms with Gasteiger partial charge < -0.3 is 15.0 Å². The number of carbonyl (C=O) groups excluding carboxylic acids is 2. The molecule has 1 N–H and O–H groups in total. The smallest absolute Gasteiger partial charge is 0.242 e. The molecule has 2 aromatic carbocycles. The van der Waals surface area contributed by atoms with Gasteiger partial charge in [0.25, 0.3) is 0 Å². The predicted molar refractivity (Wildman–Crippen MR) is 114 cm³/mol. The van der Waals surface area contributed by atoms with Gasteiger partial charge in [-0.05, 0) is 48.7 Å². The molecule has 6 heteroatoms. The van der Waals surface area contributed by atoms with Crippen LogP contribution in [-0.4, -0.2) is 36.4 Å². The Morgan fingerprint density at radius 1 is 1.07 bits per heavy atom. The molecule has 1 atom stereocenters. The van der Waals surface area contributed by atoms with Gasteiger partial charge in [-0.2, -0.15) is 0 Å². The molecule has 0 saturated carbocycles. The van der Waals surface area contributed by atoms with Crippen LogP contribution in [0.2, 0.25) is 0 Å². The average Bonchev–Trinajstić information content (AvgIpc) is 2.71. The van der Waals surface area contributed by atoms with Crippen LogP contribution >= 0.6 is 15.9 Å². The van der Waals surface area contributed by atoms with Crippen molar-refractivity contribution in [1.29, 1.82) is 0 Å². The number of hydrogen-bond acceptors (Lipinski definition) is 3. The standard InChI is InChI=1S/C22H27BrN2O3/c1-4-13-24-22(27)16(2)25(15-18-5-9-19(23)10-6-18)21(26)14-17-7-11-20(28-3)12-8-17/h5-12,16H,4,13-15H2,1-3H3,(H,24,27). The number of ether oxygens (including phenoxy) is 1. The molecule has 2 rings (SSSR count). The molecule has 0 aliphatic carbocycles. The molecule has 1 unspecified atom stereocenters. The molecule has 28 heavy (non-hydrogen) atoms. The average molecular weight is 447 g/mol. The quantitative estimate of drug-likeness (QED) is 0.634. The Hall–Kier alpha value is -2.34. The van der Waals surface area contributed by atoms with Crippen LogP contribution < -0.4 is 10.1 Å². The van der Waals surface area contributed by atoms with Crippen LogP contribution in [0.25, 0.3) is 0 Å². The number of methoxy groups -OCH3 is 1. The third-order valence-electron chi connectivity index (χ3n) is 4.50. The minimum absolute atomic E-state index is 0.0905. The number of rotatable bonds is 9. The fraction of sp³-hybridized carbons (Fsp3) is 0.364. The second-order valence-electron chi connectivity index (χ2n) is 6.64. The molecule has 0 spiro atoms. The van der Waals surface area contributed by atoms with Gasteiger partial charge in [-0.3, -0.25) is 9.59 Å². The summed E-state index contributed by atoms with van der Waals surface area (Å²) in [5.41, 5.74) is 1.86. The Morgan fingerprint density at radius 2 is 1.68 bits per heavy atom. The van der Waals surface area contributed by atoms with Gasteiger partial charge in [-0.1, -0.05) is 47.1 Å². The second-order valence-corrected chi connectivity index (χ2v) is 7.56. The highest BCUT2D eigenvalue weighted by molar-refractivity contribution is 9.10. The summed E-state index contributed by atoms with van der Waals surface area (Å²) >= 11 is 3.42. The highest BCUT2D eigenvalue weighted by Crippen LogP contribution is 2.17. The molecule has 0 aliphatic heterocycles. The molecular formula is C22H27BrN2O3. The van der Waals surface area contributed by atoms with Crippen molar-refractivity contribution in [2.75, 3.05) is 13.7 Å². The first-order valence-electron chi connectivity index (χ1n) is 9.39. The fourth-order valence-electron chi connectivity index (χ4n) is 2.78. The number of halogens is 1. The van der Waals surface area contributed by atoms with Gasteiger partial charge >= 0.3 is 0 Å². The Labute approximate surface area is 175 Å². The van der Waals surface area contributed by atoms with Crippen molar-refractivity contribution < 1.29 is 14.3 Å². The van der Waals surface area contributed by atoms with E-state index in [4.69, 9.17) is 4.74 Å². The topological polar surface area (TPSA) is 58.6 Å². The van der Waals surface area contributed by atoms with E-state index in [9.17, 15) is 9.59 Å². The lowest BCUT2D eigenvalue weighted by Gasteiger charge is -2.29. The summed E-state index contributed by atoms with van der Waals surface area (Å²) in [7, 11) is 1.61. The summed E-state index contributed by atoms with van der Waals surface area (Å²) in [5.74, 6) is 0.518. The summed E-state index contributed by atoms with van der Waals surface area (Å²) in [6.45, 7) is 4.75. The molecule has 0 bridgehead atoms. The van der Waals surface area contributed by atoms with Crippen molar-refractivity contribution in [1.82, 2.24) is 10.2 Å². The molecule has 150 valence electrons. The van der Waals surface area contributed by atoms with E-state index in [0.717, 1.165) is 27.8 Å². The van der Waals surface area contributed by atoms with Crippen LogP contribution in [0.5, 0.6) is 5.75 Å². The highest BCUT2D eigenvalue weighted by Gasteiger charge is 2.26. The largest absolute Gasteiger partial charge is 0.497 e. The first kappa shape index (κ1) is 22.0. The van der Waals surface area contributed by atoms with Gasteiger partial charge in [0.1, 0.15) is 11.8 Å². The van der Waals surface area contributed by atoms with Crippen LogP contribution in [0.3, 0.4) is 0 Å². The van der Waals surface area contributed by atoms with Crippen molar-refractivity contribution in [3.63, 3.8) is 0 Å². The molecule has 5 nitrogen and oxygen atoms in total. The molecular weight excluding hydrogens is 420 g/mol. The molecule has 0 heterocycles. The molecule has 0 fully saturated rings. The van der Waals surface area contributed by atoms with Crippen molar-refractivity contribution in [3.05, 3.63) is 64.1 Å². The lowest BCUT2D eigenvalue weighted by atomic mass is 10.1.